The predicted molar refractivity (Wildman–Crippen MR) is 71.4 cm³/mol. The van der Waals surface area contributed by atoms with E-state index in [2.05, 4.69) is 5.16 Å². The maximum absolute atomic E-state index is 12.7. The maximum atomic E-state index is 12.7. The second-order valence-electron chi connectivity index (χ2n) is 4.20. The highest BCUT2D eigenvalue weighted by atomic mass is 31.2. The molecule has 0 aliphatic carbocycles. The lowest BCUT2D eigenvalue weighted by Crippen LogP contribution is -2.10. The van der Waals surface area contributed by atoms with Gasteiger partial charge >= 0.3 is 7.60 Å². The van der Waals surface area contributed by atoms with Gasteiger partial charge in [-0.05, 0) is 13.0 Å². The Bertz CT molecular complexity index is 840. The van der Waals surface area contributed by atoms with Crippen LogP contribution in [0.4, 0.5) is 0 Å². The van der Waals surface area contributed by atoms with E-state index in [9.17, 15) is 9.67 Å². The largest absolute Gasteiger partial charge is 0.506 e. The summed E-state index contributed by atoms with van der Waals surface area (Å²) in [5.74, 6) is -0.223. The third-order valence-electron chi connectivity index (χ3n) is 3.20. The lowest BCUT2D eigenvalue weighted by Gasteiger charge is -2.16. The van der Waals surface area contributed by atoms with Crippen LogP contribution in [0.5, 0.6) is 5.75 Å². The first kappa shape index (κ1) is 13.2. The highest BCUT2D eigenvalue weighted by Crippen LogP contribution is 2.52. The fraction of sp³-hybridized carbons (Fsp3) is 0.250. The number of rotatable bonds is 3. The Hall–Kier alpha value is -1.82. The van der Waals surface area contributed by atoms with E-state index < -0.39 is 7.60 Å². The average Bonchev–Trinajstić information content (AvgIpc) is 3.06. The summed E-state index contributed by atoms with van der Waals surface area (Å²) in [5, 5.41) is 15.0. The van der Waals surface area contributed by atoms with Gasteiger partial charge in [0.2, 0.25) is 5.58 Å². The minimum absolute atomic E-state index is 0.0325. The number of fused-ring (bicyclic) bond motifs is 3. The highest BCUT2D eigenvalue weighted by Gasteiger charge is 2.35. The van der Waals surface area contributed by atoms with Crippen LogP contribution in [0.1, 0.15) is 5.69 Å². The molecule has 8 heteroatoms. The Labute approximate surface area is 113 Å². The Morgan fingerprint density at radius 1 is 1.30 bits per heavy atom. The summed E-state index contributed by atoms with van der Waals surface area (Å²) in [7, 11) is -1.19. The zero-order valence-electron chi connectivity index (χ0n) is 11.0. The molecule has 0 amide bonds. The number of hydrogen-bond acceptors (Lipinski definition) is 7. The zero-order chi connectivity index (χ0) is 14.5. The standard InChI is InChI=1S/C12H12NO6P/c1-6-8-11(19-13-6)10-7(4-5-18-10)9(14)12(8)20(15,16-2)17-3/h4-5,14H,1-3H3. The summed E-state index contributed by atoms with van der Waals surface area (Å²) in [5.41, 5.74) is 1.09. The van der Waals surface area contributed by atoms with Crippen molar-refractivity contribution in [2.75, 3.05) is 14.2 Å². The van der Waals surface area contributed by atoms with Crippen LogP contribution in [0.15, 0.2) is 21.3 Å². The maximum Gasteiger partial charge on any atom is 0.365 e. The van der Waals surface area contributed by atoms with Crippen LogP contribution in [-0.2, 0) is 13.6 Å². The van der Waals surface area contributed by atoms with E-state index in [1.165, 1.54) is 20.5 Å². The first-order chi connectivity index (χ1) is 9.53. The molecule has 0 saturated heterocycles. The molecule has 0 radical (unpaired) electrons. The van der Waals surface area contributed by atoms with Crippen LogP contribution in [0.2, 0.25) is 0 Å². The van der Waals surface area contributed by atoms with Gasteiger partial charge in [-0.15, -0.1) is 0 Å². The summed E-state index contributed by atoms with van der Waals surface area (Å²) in [6, 6.07) is 1.54. The van der Waals surface area contributed by atoms with E-state index in [1.54, 1.807) is 13.0 Å². The van der Waals surface area contributed by atoms with Gasteiger partial charge in [0.05, 0.1) is 22.7 Å². The van der Waals surface area contributed by atoms with Gasteiger partial charge in [-0.1, -0.05) is 5.16 Å². The Morgan fingerprint density at radius 3 is 2.65 bits per heavy atom. The number of aromatic hydroxyl groups is 1. The quantitative estimate of drug-likeness (QED) is 0.742. The molecule has 0 unspecified atom stereocenters. The van der Waals surface area contributed by atoms with Crippen molar-refractivity contribution in [2.24, 2.45) is 0 Å². The van der Waals surface area contributed by atoms with Crippen LogP contribution in [0.25, 0.3) is 21.9 Å². The van der Waals surface area contributed by atoms with Crippen molar-refractivity contribution in [3.8, 4) is 5.75 Å². The third-order valence-corrected chi connectivity index (χ3v) is 5.15. The second-order valence-corrected chi connectivity index (χ2v) is 6.37. The molecule has 1 N–H and O–H groups in total. The second kappa shape index (κ2) is 4.34. The molecule has 0 aliphatic rings. The average molecular weight is 297 g/mol. The van der Waals surface area contributed by atoms with Crippen molar-refractivity contribution >= 4 is 34.8 Å². The number of nitrogens with zero attached hydrogens (tertiary/aromatic N) is 1. The molecule has 0 spiro atoms. The monoisotopic (exact) mass is 297 g/mol. The number of phenols is 1. The molecule has 3 rings (SSSR count). The van der Waals surface area contributed by atoms with E-state index in [-0.39, 0.29) is 11.1 Å². The first-order valence-electron chi connectivity index (χ1n) is 5.73. The van der Waals surface area contributed by atoms with Gasteiger partial charge in [0.25, 0.3) is 0 Å². The summed E-state index contributed by atoms with van der Waals surface area (Å²) in [6.07, 6.45) is 1.40. The molecule has 0 fully saturated rings. The molecule has 20 heavy (non-hydrogen) atoms. The lowest BCUT2D eigenvalue weighted by atomic mass is 10.1. The number of benzene rings is 1. The molecule has 7 nitrogen and oxygen atoms in total. The van der Waals surface area contributed by atoms with Gasteiger partial charge in [-0.2, -0.15) is 0 Å². The van der Waals surface area contributed by atoms with Crippen molar-refractivity contribution in [1.82, 2.24) is 5.16 Å². The van der Waals surface area contributed by atoms with E-state index >= 15 is 0 Å². The fourth-order valence-corrected chi connectivity index (χ4v) is 3.68. The van der Waals surface area contributed by atoms with Crippen LogP contribution < -0.4 is 5.30 Å². The molecule has 1 aromatic carbocycles. The number of furan rings is 1. The van der Waals surface area contributed by atoms with Gasteiger partial charge in [-0.25, -0.2) is 0 Å². The molecule has 0 bridgehead atoms. The van der Waals surface area contributed by atoms with Crippen molar-refractivity contribution < 1.29 is 27.7 Å². The minimum Gasteiger partial charge on any atom is -0.506 e. The van der Waals surface area contributed by atoms with Gasteiger partial charge in [0.15, 0.2) is 5.58 Å². The minimum atomic E-state index is -3.68. The van der Waals surface area contributed by atoms with Crippen molar-refractivity contribution in [3.05, 3.63) is 18.0 Å². The fourth-order valence-electron chi connectivity index (χ4n) is 2.24. The van der Waals surface area contributed by atoms with Gasteiger partial charge in [0.1, 0.15) is 11.1 Å². The van der Waals surface area contributed by atoms with E-state index in [0.717, 1.165) is 0 Å². The van der Waals surface area contributed by atoms with E-state index in [1.807, 2.05) is 0 Å². The van der Waals surface area contributed by atoms with Crippen molar-refractivity contribution in [1.29, 1.82) is 0 Å². The van der Waals surface area contributed by atoms with E-state index in [0.29, 0.717) is 27.6 Å². The number of aryl methyl sites for hydroxylation is 1. The Balaban J connectivity index is 2.59. The molecule has 0 aliphatic heterocycles. The van der Waals surface area contributed by atoms with E-state index in [4.69, 9.17) is 18.0 Å². The first-order valence-corrected chi connectivity index (χ1v) is 7.28. The van der Waals surface area contributed by atoms with Crippen LogP contribution >= 0.6 is 7.60 Å². The zero-order valence-corrected chi connectivity index (χ0v) is 11.9. The van der Waals surface area contributed by atoms with Gasteiger partial charge in [0, 0.05) is 14.2 Å². The molecular weight excluding hydrogens is 285 g/mol. The summed E-state index contributed by atoms with van der Waals surface area (Å²) in [6.45, 7) is 1.67. The topological polar surface area (TPSA) is 94.9 Å². The number of aromatic nitrogens is 1. The van der Waals surface area contributed by atoms with Crippen LogP contribution in [0, 0.1) is 6.92 Å². The lowest BCUT2D eigenvalue weighted by molar-refractivity contribution is 0.286. The predicted octanol–water partition coefficient (Wildman–Crippen LogP) is 2.70. The van der Waals surface area contributed by atoms with Gasteiger partial charge in [-0.3, -0.25) is 4.57 Å². The molecule has 106 valence electrons. The summed E-state index contributed by atoms with van der Waals surface area (Å²) in [4.78, 5) is 0. The molecule has 0 saturated carbocycles. The molecule has 2 aromatic heterocycles. The molecule has 3 aromatic rings. The normalized spacial score (nSPS) is 12.6. The van der Waals surface area contributed by atoms with Crippen molar-refractivity contribution in [3.63, 3.8) is 0 Å². The number of phenolic OH excluding ortho intramolecular Hbond substituents is 1. The van der Waals surface area contributed by atoms with Gasteiger partial charge < -0.3 is 23.1 Å². The Morgan fingerprint density at radius 2 is 2.00 bits per heavy atom. The molecule has 0 atom stereocenters. The third kappa shape index (κ3) is 1.54. The van der Waals surface area contributed by atoms with Crippen LogP contribution in [0.3, 0.4) is 0 Å². The summed E-state index contributed by atoms with van der Waals surface area (Å²) < 4.78 is 33.2. The number of hydrogen-bond donors (Lipinski definition) is 1. The molecule has 2 heterocycles. The SMILES string of the molecule is COP(=O)(OC)c1c(O)c2ccoc2c2onc(C)c12. The highest BCUT2D eigenvalue weighted by molar-refractivity contribution is 7.63. The molecular formula is C12H12NO6P. The summed E-state index contributed by atoms with van der Waals surface area (Å²) >= 11 is 0. The Kier molecular flexibility index (Phi) is 2.86. The van der Waals surface area contributed by atoms with Crippen LogP contribution in [-0.4, -0.2) is 24.5 Å². The smallest absolute Gasteiger partial charge is 0.365 e. The van der Waals surface area contributed by atoms with Crippen molar-refractivity contribution in [2.45, 2.75) is 6.92 Å².